The molecule has 8 heteroatoms. The number of hydrogen-bond acceptors (Lipinski definition) is 6. The third kappa shape index (κ3) is 4.70. The summed E-state index contributed by atoms with van der Waals surface area (Å²) >= 11 is 1.31. The molecule has 4 aromatic rings. The lowest BCUT2D eigenvalue weighted by atomic mass is 9.89. The van der Waals surface area contributed by atoms with Gasteiger partial charge in [-0.2, -0.15) is 0 Å². The first-order valence-electron chi connectivity index (χ1n) is 11.4. The van der Waals surface area contributed by atoms with E-state index in [4.69, 9.17) is 4.42 Å². The molecule has 1 aliphatic rings. The number of benzene rings is 2. The van der Waals surface area contributed by atoms with Crippen molar-refractivity contribution in [2.24, 2.45) is 0 Å². The fourth-order valence-electron chi connectivity index (χ4n) is 4.50. The molecular weight excluding hydrogens is 460 g/mol. The predicted molar refractivity (Wildman–Crippen MR) is 135 cm³/mol. The number of fused-ring (bicyclic) bond motifs is 1. The van der Waals surface area contributed by atoms with Crippen molar-refractivity contribution < 1.29 is 14.0 Å². The number of amides is 2. The van der Waals surface area contributed by atoms with Gasteiger partial charge in [0.1, 0.15) is 0 Å². The van der Waals surface area contributed by atoms with E-state index in [1.54, 1.807) is 35.5 Å². The second-order valence-electron chi connectivity index (χ2n) is 8.23. The summed E-state index contributed by atoms with van der Waals surface area (Å²) in [5.74, 6) is 0.246. The lowest BCUT2D eigenvalue weighted by molar-refractivity contribution is -0.116. The summed E-state index contributed by atoms with van der Waals surface area (Å²) in [6, 6.07) is 22.2. The van der Waals surface area contributed by atoms with Crippen molar-refractivity contribution in [2.75, 3.05) is 15.6 Å². The molecule has 0 radical (unpaired) electrons. The van der Waals surface area contributed by atoms with E-state index in [-0.39, 0.29) is 29.7 Å². The van der Waals surface area contributed by atoms with Crippen LogP contribution < -0.4 is 9.80 Å². The van der Waals surface area contributed by atoms with E-state index in [0.29, 0.717) is 17.3 Å². The summed E-state index contributed by atoms with van der Waals surface area (Å²) in [5.41, 5.74) is 2.51. The summed E-state index contributed by atoms with van der Waals surface area (Å²) < 4.78 is 5.40. The third-order valence-electron chi connectivity index (χ3n) is 5.99. The molecular formula is C27H24N4O3S. The standard InChI is InChI=1S/C27H24N4O3S/c1-19-17-23(21-11-5-6-12-22(21)30(19)26(33)24-13-7-16-34-24)31(20-9-3-2-4-10-20)25(32)18-35-27-28-14-8-15-29-27/h2-16,19,23H,17-18H2,1H3/t19-,23-/m0/s1. The van der Waals surface area contributed by atoms with Gasteiger partial charge in [-0.1, -0.05) is 48.2 Å². The first kappa shape index (κ1) is 22.9. The van der Waals surface area contributed by atoms with E-state index < -0.39 is 0 Å². The van der Waals surface area contributed by atoms with E-state index >= 15 is 0 Å². The fraction of sp³-hybridized carbons (Fsp3) is 0.185. The Morgan fingerprint density at radius 1 is 1.00 bits per heavy atom. The largest absolute Gasteiger partial charge is 0.459 e. The highest BCUT2D eigenvalue weighted by atomic mass is 32.2. The molecule has 2 aromatic heterocycles. The van der Waals surface area contributed by atoms with Gasteiger partial charge >= 0.3 is 0 Å². The highest BCUT2D eigenvalue weighted by molar-refractivity contribution is 7.99. The SMILES string of the molecule is C[C@H]1C[C@H](N(C(=O)CSc2ncccn2)c2ccccc2)c2ccccc2N1C(=O)c1ccco1. The van der Waals surface area contributed by atoms with Gasteiger partial charge in [0.05, 0.1) is 18.1 Å². The quantitative estimate of drug-likeness (QED) is 0.270. The predicted octanol–water partition coefficient (Wildman–Crippen LogP) is 5.38. The van der Waals surface area contributed by atoms with Gasteiger partial charge < -0.3 is 14.2 Å². The number of rotatable bonds is 6. The topological polar surface area (TPSA) is 79.5 Å². The van der Waals surface area contributed by atoms with Crippen LogP contribution in [0.25, 0.3) is 0 Å². The number of hydrogen-bond donors (Lipinski definition) is 0. The van der Waals surface area contributed by atoms with Crippen LogP contribution in [-0.4, -0.2) is 33.6 Å². The fourth-order valence-corrected chi connectivity index (χ4v) is 5.16. The first-order chi connectivity index (χ1) is 17.1. The molecule has 2 amide bonds. The first-order valence-corrected chi connectivity index (χ1v) is 12.3. The van der Waals surface area contributed by atoms with Crippen molar-refractivity contribution in [3.8, 4) is 0 Å². The molecule has 0 saturated carbocycles. The zero-order chi connectivity index (χ0) is 24.2. The number of furan rings is 1. The van der Waals surface area contributed by atoms with Gasteiger partial charge in [0.25, 0.3) is 5.91 Å². The monoisotopic (exact) mass is 484 g/mol. The van der Waals surface area contributed by atoms with Crippen molar-refractivity contribution in [1.29, 1.82) is 0 Å². The molecule has 0 bridgehead atoms. The van der Waals surface area contributed by atoms with Crippen LogP contribution in [0.2, 0.25) is 0 Å². The van der Waals surface area contributed by atoms with Gasteiger partial charge in [-0.25, -0.2) is 9.97 Å². The van der Waals surface area contributed by atoms with Gasteiger partial charge in [0.15, 0.2) is 10.9 Å². The number of aromatic nitrogens is 2. The minimum atomic E-state index is -0.242. The molecule has 3 heterocycles. The molecule has 5 rings (SSSR count). The van der Waals surface area contributed by atoms with Gasteiger partial charge in [-0.3, -0.25) is 9.59 Å². The van der Waals surface area contributed by atoms with Gasteiger partial charge in [0.2, 0.25) is 5.91 Å². The molecule has 2 atom stereocenters. The zero-order valence-electron chi connectivity index (χ0n) is 19.2. The molecule has 0 unspecified atom stereocenters. The van der Waals surface area contributed by atoms with Crippen LogP contribution in [0, 0.1) is 0 Å². The van der Waals surface area contributed by atoms with Crippen LogP contribution in [0.15, 0.2) is 101 Å². The van der Waals surface area contributed by atoms with Crippen LogP contribution >= 0.6 is 11.8 Å². The highest BCUT2D eigenvalue weighted by Gasteiger charge is 2.39. The molecule has 176 valence electrons. The molecule has 0 saturated heterocycles. The molecule has 2 aromatic carbocycles. The molecule has 35 heavy (non-hydrogen) atoms. The Balaban J connectivity index is 1.51. The maximum Gasteiger partial charge on any atom is 0.294 e. The minimum absolute atomic E-state index is 0.0496. The molecule has 7 nitrogen and oxygen atoms in total. The van der Waals surface area contributed by atoms with Crippen LogP contribution in [0.5, 0.6) is 0 Å². The average molecular weight is 485 g/mol. The maximum absolute atomic E-state index is 13.7. The lowest BCUT2D eigenvalue weighted by Crippen LogP contribution is -2.48. The zero-order valence-corrected chi connectivity index (χ0v) is 20.0. The Hall–Kier alpha value is -3.91. The van der Waals surface area contributed by atoms with Crippen LogP contribution in [-0.2, 0) is 4.79 Å². The van der Waals surface area contributed by atoms with Gasteiger partial charge in [-0.05, 0) is 55.3 Å². The number of anilines is 2. The number of thioether (sulfide) groups is 1. The second kappa shape index (κ2) is 10.1. The molecule has 0 aliphatic carbocycles. The van der Waals surface area contributed by atoms with Gasteiger partial charge in [-0.15, -0.1) is 0 Å². The summed E-state index contributed by atoms with van der Waals surface area (Å²) in [6.07, 6.45) is 5.41. The van der Waals surface area contributed by atoms with E-state index in [9.17, 15) is 9.59 Å². The Kier molecular flexibility index (Phi) is 6.63. The third-order valence-corrected chi connectivity index (χ3v) is 6.85. The Morgan fingerprint density at radius 3 is 2.49 bits per heavy atom. The lowest BCUT2D eigenvalue weighted by Gasteiger charge is -2.43. The summed E-state index contributed by atoms with van der Waals surface area (Å²) in [4.78, 5) is 39.1. The number of carbonyl (C=O) groups is 2. The average Bonchev–Trinajstić information content (AvgIpc) is 3.44. The normalized spacial score (nSPS) is 17.0. The van der Waals surface area contributed by atoms with Crippen LogP contribution in [0.1, 0.15) is 35.5 Å². The van der Waals surface area contributed by atoms with Gasteiger partial charge in [0, 0.05) is 29.8 Å². The van der Waals surface area contributed by atoms with Crippen LogP contribution in [0.4, 0.5) is 11.4 Å². The summed E-state index contributed by atoms with van der Waals surface area (Å²) in [5, 5.41) is 0.557. The van der Waals surface area contributed by atoms with Crippen molar-refractivity contribution in [3.05, 3.63) is 103 Å². The Labute approximate surface area is 207 Å². The van der Waals surface area contributed by atoms with Crippen molar-refractivity contribution >= 4 is 35.0 Å². The van der Waals surface area contributed by atoms with Crippen molar-refractivity contribution in [2.45, 2.75) is 30.6 Å². The maximum atomic E-state index is 13.7. The highest BCUT2D eigenvalue weighted by Crippen LogP contribution is 2.43. The van der Waals surface area contributed by atoms with Crippen molar-refractivity contribution in [1.82, 2.24) is 9.97 Å². The number of carbonyl (C=O) groups excluding carboxylic acids is 2. The second-order valence-corrected chi connectivity index (χ2v) is 9.17. The van der Waals surface area contributed by atoms with Crippen LogP contribution in [0.3, 0.4) is 0 Å². The van der Waals surface area contributed by atoms with E-state index in [1.807, 2.05) is 66.4 Å². The number of nitrogens with zero attached hydrogens (tertiary/aromatic N) is 4. The minimum Gasteiger partial charge on any atom is -0.459 e. The Bertz CT molecular complexity index is 1300. The summed E-state index contributed by atoms with van der Waals surface area (Å²) in [7, 11) is 0. The van der Waals surface area contributed by atoms with E-state index in [0.717, 1.165) is 16.9 Å². The molecule has 0 spiro atoms. The summed E-state index contributed by atoms with van der Waals surface area (Å²) in [6.45, 7) is 2.00. The van der Waals surface area contributed by atoms with E-state index in [2.05, 4.69) is 9.97 Å². The molecule has 0 N–H and O–H groups in total. The molecule has 0 fully saturated rings. The van der Waals surface area contributed by atoms with E-state index in [1.165, 1.54) is 18.0 Å². The Morgan fingerprint density at radius 2 is 1.74 bits per heavy atom. The van der Waals surface area contributed by atoms with Crippen molar-refractivity contribution in [3.63, 3.8) is 0 Å². The molecule has 1 aliphatic heterocycles. The smallest absolute Gasteiger partial charge is 0.294 e. The number of para-hydroxylation sites is 2.